The molecule has 2 nitrogen and oxygen atoms in total. The normalized spacial score (nSPS) is 11.1. The molecule has 0 aliphatic rings. The van der Waals surface area contributed by atoms with E-state index < -0.39 is 0 Å². The lowest BCUT2D eigenvalue weighted by Crippen LogP contribution is -2.22. The Hall–Kier alpha value is -1.33. The lowest BCUT2D eigenvalue weighted by atomic mass is 10.1. The van der Waals surface area contributed by atoms with Gasteiger partial charge in [0.15, 0.2) is 0 Å². The van der Waals surface area contributed by atoms with Crippen LogP contribution in [0.15, 0.2) is 24.3 Å². The summed E-state index contributed by atoms with van der Waals surface area (Å²) in [5.74, 6) is 0. The molecule has 1 aromatic carbocycles. The van der Waals surface area contributed by atoms with Crippen LogP contribution in [0.25, 0.3) is 0 Å². The first-order chi connectivity index (χ1) is 7.07. The molecular weight excluding hydrogens is 186 g/mol. The Bertz CT molecular complexity index is 363. The molecule has 0 N–H and O–H groups in total. The fourth-order valence-electron chi connectivity index (χ4n) is 1.11. The van der Waals surface area contributed by atoms with Crippen LogP contribution in [0, 0.1) is 11.3 Å². The lowest BCUT2D eigenvalue weighted by molar-refractivity contribution is -0.0316. The van der Waals surface area contributed by atoms with E-state index in [4.69, 9.17) is 10.00 Å². The maximum atomic E-state index is 8.75. The molecule has 0 fully saturated rings. The highest BCUT2D eigenvalue weighted by Crippen LogP contribution is 2.16. The van der Waals surface area contributed by atoms with Crippen molar-refractivity contribution in [2.24, 2.45) is 0 Å². The molecule has 0 aliphatic heterocycles. The first kappa shape index (κ1) is 11.7. The van der Waals surface area contributed by atoms with E-state index in [1.165, 1.54) is 0 Å². The summed E-state index contributed by atoms with van der Waals surface area (Å²) in [5, 5.41) is 8.75. The highest BCUT2D eigenvalue weighted by Gasteiger charge is 2.14. The summed E-state index contributed by atoms with van der Waals surface area (Å²) in [4.78, 5) is 0. The molecule has 0 heterocycles. The number of nitrogens with zero attached hydrogens (tertiary/aromatic N) is 1. The molecule has 0 aromatic heterocycles. The van der Waals surface area contributed by atoms with Crippen LogP contribution in [0.5, 0.6) is 0 Å². The van der Waals surface area contributed by atoms with Gasteiger partial charge in [0.25, 0.3) is 0 Å². The number of hydrogen-bond donors (Lipinski definition) is 0. The molecule has 0 unspecified atom stereocenters. The Balaban J connectivity index is 2.62. The van der Waals surface area contributed by atoms with Crippen LogP contribution < -0.4 is 0 Å². The van der Waals surface area contributed by atoms with Crippen LogP contribution in [0.4, 0.5) is 0 Å². The molecule has 80 valence electrons. The molecule has 0 amide bonds. The van der Waals surface area contributed by atoms with Crippen molar-refractivity contribution in [1.82, 2.24) is 0 Å². The van der Waals surface area contributed by atoms with Gasteiger partial charge in [-0.3, -0.25) is 0 Å². The summed E-state index contributed by atoms with van der Waals surface area (Å²) in [6.07, 6.45) is 0.977. The van der Waals surface area contributed by atoms with E-state index in [2.05, 4.69) is 26.8 Å². The number of ether oxygens (including phenoxy) is 1. The van der Waals surface area contributed by atoms with Crippen LogP contribution in [0.2, 0.25) is 0 Å². The molecule has 0 bridgehead atoms. The quantitative estimate of drug-likeness (QED) is 0.752. The van der Waals surface area contributed by atoms with Crippen molar-refractivity contribution in [3.8, 4) is 6.07 Å². The Morgan fingerprint density at radius 3 is 2.73 bits per heavy atom. The molecule has 0 spiro atoms. The summed E-state index contributed by atoms with van der Waals surface area (Å²) in [6, 6.07) is 9.65. The van der Waals surface area contributed by atoms with Gasteiger partial charge in [-0.1, -0.05) is 19.1 Å². The topological polar surface area (TPSA) is 33.0 Å². The van der Waals surface area contributed by atoms with Gasteiger partial charge in [-0.2, -0.15) is 5.26 Å². The lowest BCUT2D eigenvalue weighted by Gasteiger charge is -2.23. The first-order valence-corrected chi connectivity index (χ1v) is 5.20. The van der Waals surface area contributed by atoms with Crippen molar-refractivity contribution >= 4 is 0 Å². The monoisotopic (exact) mass is 203 g/mol. The zero-order valence-corrected chi connectivity index (χ0v) is 9.58. The zero-order valence-electron chi connectivity index (χ0n) is 9.58. The standard InChI is InChI=1S/C13H17NO/c1-4-13(2,3)15-10-12-7-5-6-11(8-12)9-14/h5-8H,4,10H2,1-3H3. The van der Waals surface area contributed by atoms with Crippen LogP contribution in [-0.4, -0.2) is 5.60 Å². The molecule has 1 aromatic rings. The molecule has 2 heteroatoms. The first-order valence-electron chi connectivity index (χ1n) is 5.20. The third-order valence-electron chi connectivity index (χ3n) is 2.54. The number of hydrogen-bond acceptors (Lipinski definition) is 2. The predicted molar refractivity (Wildman–Crippen MR) is 60.3 cm³/mol. The minimum absolute atomic E-state index is 0.0946. The van der Waals surface area contributed by atoms with Crippen molar-refractivity contribution in [3.05, 3.63) is 35.4 Å². The minimum atomic E-state index is -0.0946. The van der Waals surface area contributed by atoms with Gasteiger partial charge >= 0.3 is 0 Å². The van der Waals surface area contributed by atoms with Crippen molar-refractivity contribution < 1.29 is 4.74 Å². The highest BCUT2D eigenvalue weighted by atomic mass is 16.5. The number of rotatable bonds is 4. The van der Waals surface area contributed by atoms with Crippen molar-refractivity contribution in [3.63, 3.8) is 0 Å². The molecule has 0 radical (unpaired) electrons. The second-order valence-corrected chi connectivity index (χ2v) is 4.21. The second kappa shape index (κ2) is 4.95. The van der Waals surface area contributed by atoms with Gasteiger partial charge in [0.1, 0.15) is 0 Å². The molecule has 15 heavy (non-hydrogen) atoms. The number of benzene rings is 1. The van der Waals surface area contributed by atoms with Gasteiger partial charge in [0.2, 0.25) is 0 Å². The summed E-state index contributed by atoms with van der Waals surface area (Å²) in [6.45, 7) is 6.81. The Morgan fingerprint density at radius 2 is 2.13 bits per heavy atom. The Morgan fingerprint density at radius 1 is 1.40 bits per heavy atom. The number of nitriles is 1. The Labute approximate surface area is 91.5 Å². The molecule has 0 atom stereocenters. The van der Waals surface area contributed by atoms with Crippen molar-refractivity contribution in [2.45, 2.75) is 39.4 Å². The summed E-state index contributed by atoms with van der Waals surface area (Å²) in [7, 11) is 0. The average Bonchev–Trinajstić information content (AvgIpc) is 2.27. The largest absolute Gasteiger partial charge is 0.371 e. The van der Waals surface area contributed by atoms with Gasteiger partial charge in [0.05, 0.1) is 23.8 Å². The third-order valence-corrected chi connectivity index (χ3v) is 2.54. The third kappa shape index (κ3) is 3.73. The van der Waals surface area contributed by atoms with E-state index in [0.717, 1.165) is 12.0 Å². The fraction of sp³-hybridized carbons (Fsp3) is 0.462. The van der Waals surface area contributed by atoms with Crippen LogP contribution in [-0.2, 0) is 11.3 Å². The van der Waals surface area contributed by atoms with Crippen LogP contribution >= 0.6 is 0 Å². The van der Waals surface area contributed by atoms with Gasteiger partial charge in [-0.15, -0.1) is 0 Å². The van der Waals surface area contributed by atoms with Gasteiger partial charge in [0, 0.05) is 0 Å². The summed E-state index contributed by atoms with van der Waals surface area (Å²) >= 11 is 0. The molecular formula is C13H17NO. The van der Waals surface area contributed by atoms with Gasteiger partial charge in [-0.05, 0) is 38.0 Å². The Kier molecular flexibility index (Phi) is 3.88. The van der Waals surface area contributed by atoms with E-state index >= 15 is 0 Å². The molecule has 0 saturated carbocycles. The SMILES string of the molecule is CCC(C)(C)OCc1cccc(C#N)c1. The van der Waals surface area contributed by atoms with Crippen LogP contribution in [0.1, 0.15) is 38.3 Å². The fourth-order valence-corrected chi connectivity index (χ4v) is 1.11. The molecule has 1 rings (SSSR count). The molecule has 0 aliphatic carbocycles. The van der Waals surface area contributed by atoms with E-state index in [9.17, 15) is 0 Å². The smallest absolute Gasteiger partial charge is 0.0991 e. The van der Waals surface area contributed by atoms with E-state index in [0.29, 0.717) is 12.2 Å². The van der Waals surface area contributed by atoms with E-state index in [1.807, 2.05) is 18.2 Å². The van der Waals surface area contributed by atoms with Crippen molar-refractivity contribution in [2.75, 3.05) is 0 Å². The molecule has 0 saturated heterocycles. The van der Waals surface area contributed by atoms with E-state index in [-0.39, 0.29) is 5.60 Å². The predicted octanol–water partition coefficient (Wildman–Crippen LogP) is 3.26. The second-order valence-electron chi connectivity index (χ2n) is 4.21. The van der Waals surface area contributed by atoms with Crippen LogP contribution in [0.3, 0.4) is 0 Å². The average molecular weight is 203 g/mol. The highest BCUT2D eigenvalue weighted by molar-refractivity contribution is 5.32. The maximum absolute atomic E-state index is 8.75. The van der Waals surface area contributed by atoms with Gasteiger partial charge in [-0.25, -0.2) is 0 Å². The van der Waals surface area contributed by atoms with E-state index in [1.54, 1.807) is 6.07 Å². The summed E-state index contributed by atoms with van der Waals surface area (Å²) in [5.41, 5.74) is 1.64. The zero-order chi connectivity index (χ0) is 11.3. The summed E-state index contributed by atoms with van der Waals surface area (Å²) < 4.78 is 5.75. The van der Waals surface area contributed by atoms with Gasteiger partial charge < -0.3 is 4.74 Å². The van der Waals surface area contributed by atoms with Crippen molar-refractivity contribution in [1.29, 1.82) is 5.26 Å². The minimum Gasteiger partial charge on any atom is -0.371 e. The maximum Gasteiger partial charge on any atom is 0.0991 e.